The topological polar surface area (TPSA) is 21.3 Å². The van der Waals surface area contributed by atoms with Crippen LogP contribution < -0.4 is 10.1 Å². The minimum atomic E-state index is 0.192. The molecule has 0 saturated heterocycles. The van der Waals surface area contributed by atoms with Crippen molar-refractivity contribution < 1.29 is 4.74 Å². The molecule has 0 aliphatic rings. The fourth-order valence-corrected chi connectivity index (χ4v) is 2.44. The molecule has 0 heterocycles. The number of benzene rings is 2. The van der Waals surface area contributed by atoms with E-state index in [4.69, 9.17) is 4.74 Å². The first-order valence-electron chi connectivity index (χ1n) is 6.60. The Hall–Kier alpha value is -1.06. The molecule has 19 heavy (non-hydrogen) atoms. The first kappa shape index (κ1) is 14.4. The van der Waals surface area contributed by atoms with Crippen LogP contribution in [0.4, 0.5) is 0 Å². The Labute approximate surface area is 123 Å². The zero-order valence-corrected chi connectivity index (χ0v) is 13.2. The van der Waals surface area contributed by atoms with Gasteiger partial charge in [0.05, 0.1) is 0 Å². The van der Waals surface area contributed by atoms with Gasteiger partial charge in [0.1, 0.15) is 11.9 Å². The van der Waals surface area contributed by atoms with Crippen molar-refractivity contribution in [3.8, 4) is 5.75 Å². The fraction of sp³-hybridized carbons (Fsp3) is 0.375. The summed E-state index contributed by atoms with van der Waals surface area (Å²) < 4.78 is 7.18. The van der Waals surface area contributed by atoms with Crippen molar-refractivity contribution >= 4 is 26.7 Å². The summed E-state index contributed by atoms with van der Waals surface area (Å²) in [6.45, 7) is 5.22. The average Bonchev–Trinajstić information content (AvgIpc) is 2.38. The number of rotatable bonds is 5. The van der Waals surface area contributed by atoms with E-state index in [1.807, 2.05) is 13.1 Å². The third-order valence-electron chi connectivity index (χ3n) is 3.21. The Morgan fingerprint density at radius 2 is 1.79 bits per heavy atom. The van der Waals surface area contributed by atoms with Gasteiger partial charge in [0, 0.05) is 11.0 Å². The Morgan fingerprint density at radius 1 is 1.11 bits per heavy atom. The van der Waals surface area contributed by atoms with E-state index in [-0.39, 0.29) is 6.10 Å². The van der Waals surface area contributed by atoms with E-state index in [9.17, 15) is 0 Å². The molecule has 1 atom stereocenters. The molecule has 0 radical (unpaired) electrons. The quantitative estimate of drug-likeness (QED) is 0.890. The summed E-state index contributed by atoms with van der Waals surface area (Å²) in [4.78, 5) is 0. The lowest BCUT2D eigenvalue weighted by atomic mass is 10.1. The first-order valence-corrected chi connectivity index (χ1v) is 7.40. The van der Waals surface area contributed by atoms with E-state index in [1.54, 1.807) is 0 Å². The molecule has 0 amide bonds. The van der Waals surface area contributed by atoms with E-state index < -0.39 is 0 Å². The highest BCUT2D eigenvalue weighted by Gasteiger charge is 2.14. The second-order valence-electron chi connectivity index (χ2n) is 5.11. The predicted molar refractivity (Wildman–Crippen MR) is 84.8 cm³/mol. The number of likely N-dealkylation sites (N-methyl/N-ethyl adjacent to an activating group) is 1. The highest BCUT2D eigenvalue weighted by Crippen LogP contribution is 2.25. The maximum absolute atomic E-state index is 6.08. The molecule has 3 heteroatoms. The first-order chi connectivity index (χ1) is 9.10. The Balaban J connectivity index is 2.23. The standard InChI is InChI=1S/C16H20BrNO/c1-11(2)16(10-18-3)19-15-7-5-12-8-14(17)6-4-13(12)9-15/h4-9,11,16,18H,10H2,1-3H3. The van der Waals surface area contributed by atoms with Gasteiger partial charge in [0.2, 0.25) is 0 Å². The van der Waals surface area contributed by atoms with Gasteiger partial charge in [-0.05, 0) is 48.0 Å². The highest BCUT2D eigenvalue weighted by molar-refractivity contribution is 9.10. The van der Waals surface area contributed by atoms with Gasteiger partial charge in [-0.15, -0.1) is 0 Å². The normalized spacial score (nSPS) is 12.9. The lowest BCUT2D eigenvalue weighted by molar-refractivity contribution is 0.151. The molecule has 0 fully saturated rings. The number of halogens is 1. The molecule has 1 unspecified atom stereocenters. The SMILES string of the molecule is CNCC(Oc1ccc2cc(Br)ccc2c1)C(C)C. The van der Waals surface area contributed by atoms with Crippen LogP contribution >= 0.6 is 15.9 Å². The van der Waals surface area contributed by atoms with Crippen molar-refractivity contribution in [2.45, 2.75) is 20.0 Å². The van der Waals surface area contributed by atoms with Crippen LogP contribution in [0.1, 0.15) is 13.8 Å². The zero-order valence-electron chi connectivity index (χ0n) is 11.6. The van der Waals surface area contributed by atoms with E-state index in [0.29, 0.717) is 5.92 Å². The van der Waals surface area contributed by atoms with Gasteiger partial charge in [0.25, 0.3) is 0 Å². The fourth-order valence-electron chi connectivity index (χ4n) is 2.06. The lowest BCUT2D eigenvalue weighted by Crippen LogP contribution is -2.33. The Bertz CT molecular complexity index is 553. The number of nitrogens with one attached hydrogen (secondary N) is 1. The Morgan fingerprint density at radius 3 is 2.47 bits per heavy atom. The molecule has 0 aliphatic heterocycles. The van der Waals surface area contributed by atoms with Crippen LogP contribution in [0.5, 0.6) is 5.75 Å². The molecule has 0 aromatic heterocycles. The number of fused-ring (bicyclic) bond motifs is 1. The van der Waals surface area contributed by atoms with Gasteiger partial charge in [-0.25, -0.2) is 0 Å². The summed E-state index contributed by atoms with van der Waals surface area (Å²) in [7, 11) is 1.96. The van der Waals surface area contributed by atoms with E-state index in [1.165, 1.54) is 10.8 Å². The predicted octanol–water partition coefficient (Wildman–Crippen LogP) is 4.23. The van der Waals surface area contributed by atoms with Crippen LogP contribution in [-0.2, 0) is 0 Å². The van der Waals surface area contributed by atoms with E-state index in [2.05, 4.69) is 65.4 Å². The van der Waals surface area contributed by atoms with Crippen molar-refractivity contribution in [1.29, 1.82) is 0 Å². The van der Waals surface area contributed by atoms with Gasteiger partial charge in [0.15, 0.2) is 0 Å². The maximum atomic E-state index is 6.08. The molecule has 0 bridgehead atoms. The van der Waals surface area contributed by atoms with Gasteiger partial charge in [-0.1, -0.05) is 41.9 Å². The summed E-state index contributed by atoms with van der Waals surface area (Å²) in [5, 5.41) is 5.60. The van der Waals surface area contributed by atoms with Crippen molar-refractivity contribution in [1.82, 2.24) is 5.32 Å². The summed E-state index contributed by atoms with van der Waals surface area (Å²) in [6.07, 6.45) is 0.192. The van der Waals surface area contributed by atoms with Crippen LogP contribution in [-0.4, -0.2) is 19.7 Å². The minimum absolute atomic E-state index is 0.192. The van der Waals surface area contributed by atoms with Crippen molar-refractivity contribution in [2.24, 2.45) is 5.92 Å². The summed E-state index contributed by atoms with van der Waals surface area (Å²) >= 11 is 3.49. The van der Waals surface area contributed by atoms with Gasteiger partial charge in [-0.2, -0.15) is 0 Å². The van der Waals surface area contributed by atoms with E-state index >= 15 is 0 Å². The molecule has 0 spiro atoms. The summed E-state index contributed by atoms with van der Waals surface area (Å²) in [6, 6.07) is 12.5. The molecule has 0 aliphatic carbocycles. The molecular formula is C16H20BrNO. The molecule has 2 nitrogen and oxygen atoms in total. The number of hydrogen-bond donors (Lipinski definition) is 1. The number of ether oxygens (including phenoxy) is 1. The minimum Gasteiger partial charge on any atom is -0.489 e. The van der Waals surface area contributed by atoms with Crippen LogP contribution in [0.3, 0.4) is 0 Å². The third kappa shape index (κ3) is 3.71. The molecule has 102 valence electrons. The summed E-state index contributed by atoms with van der Waals surface area (Å²) in [5.74, 6) is 1.41. The monoisotopic (exact) mass is 321 g/mol. The van der Waals surface area contributed by atoms with Gasteiger partial charge >= 0.3 is 0 Å². The van der Waals surface area contributed by atoms with Crippen molar-refractivity contribution in [3.63, 3.8) is 0 Å². The zero-order chi connectivity index (χ0) is 13.8. The molecule has 2 aromatic carbocycles. The molecule has 2 rings (SSSR count). The molecule has 1 N–H and O–H groups in total. The molecule has 0 saturated carbocycles. The van der Waals surface area contributed by atoms with Crippen LogP contribution in [0.25, 0.3) is 10.8 Å². The van der Waals surface area contributed by atoms with E-state index in [0.717, 1.165) is 16.8 Å². The molecular weight excluding hydrogens is 302 g/mol. The van der Waals surface area contributed by atoms with Crippen LogP contribution in [0.15, 0.2) is 40.9 Å². The molecule has 2 aromatic rings. The number of hydrogen-bond acceptors (Lipinski definition) is 2. The Kier molecular flexibility index (Phi) is 4.83. The third-order valence-corrected chi connectivity index (χ3v) is 3.70. The highest BCUT2D eigenvalue weighted by atomic mass is 79.9. The lowest BCUT2D eigenvalue weighted by Gasteiger charge is -2.22. The average molecular weight is 322 g/mol. The van der Waals surface area contributed by atoms with Crippen LogP contribution in [0, 0.1) is 5.92 Å². The second-order valence-corrected chi connectivity index (χ2v) is 6.03. The smallest absolute Gasteiger partial charge is 0.120 e. The van der Waals surface area contributed by atoms with Crippen LogP contribution in [0.2, 0.25) is 0 Å². The van der Waals surface area contributed by atoms with Crippen molar-refractivity contribution in [2.75, 3.05) is 13.6 Å². The summed E-state index contributed by atoms with van der Waals surface area (Å²) in [5.41, 5.74) is 0. The second kappa shape index (κ2) is 6.40. The van der Waals surface area contributed by atoms with Gasteiger partial charge < -0.3 is 10.1 Å². The van der Waals surface area contributed by atoms with Crippen molar-refractivity contribution in [3.05, 3.63) is 40.9 Å². The maximum Gasteiger partial charge on any atom is 0.120 e. The largest absolute Gasteiger partial charge is 0.489 e. The van der Waals surface area contributed by atoms with Gasteiger partial charge in [-0.3, -0.25) is 0 Å².